The van der Waals surface area contributed by atoms with E-state index in [1.165, 1.54) is 0 Å². The number of ether oxygens (including phenoxy) is 1. The Morgan fingerprint density at radius 1 is 1.43 bits per heavy atom. The van der Waals surface area contributed by atoms with Gasteiger partial charge in [-0.25, -0.2) is 4.68 Å². The molecule has 0 aliphatic carbocycles. The number of aromatic nitrogens is 2. The summed E-state index contributed by atoms with van der Waals surface area (Å²) in [5.41, 5.74) is 0.617. The Kier molecular flexibility index (Phi) is 5.13. The van der Waals surface area contributed by atoms with E-state index in [1.54, 1.807) is 11.7 Å². The van der Waals surface area contributed by atoms with Crippen LogP contribution in [0.5, 0.6) is 0 Å². The van der Waals surface area contributed by atoms with Crippen LogP contribution in [0.15, 0.2) is 0 Å². The van der Waals surface area contributed by atoms with Gasteiger partial charge in [-0.2, -0.15) is 5.10 Å². The van der Waals surface area contributed by atoms with E-state index in [-0.39, 0.29) is 16.5 Å². The zero-order chi connectivity index (χ0) is 15.4. The Bertz CT molecular complexity index is 494. The molecule has 0 bridgehead atoms. The van der Waals surface area contributed by atoms with Crippen LogP contribution in [0.4, 0.5) is 11.5 Å². The van der Waals surface area contributed by atoms with Gasteiger partial charge in [0.15, 0.2) is 0 Å². The number of hydrogen-bond donors (Lipinski definition) is 1. The van der Waals surface area contributed by atoms with Crippen molar-refractivity contribution in [2.45, 2.75) is 19.8 Å². The highest BCUT2D eigenvalue weighted by Crippen LogP contribution is 2.32. The Morgan fingerprint density at radius 2 is 2.10 bits per heavy atom. The van der Waals surface area contributed by atoms with Crippen molar-refractivity contribution in [3.63, 3.8) is 0 Å². The molecule has 0 radical (unpaired) electrons. The molecule has 21 heavy (non-hydrogen) atoms. The van der Waals surface area contributed by atoms with E-state index in [1.807, 2.05) is 13.8 Å². The van der Waals surface area contributed by atoms with E-state index in [0.29, 0.717) is 18.1 Å². The molecule has 0 unspecified atom stereocenters. The molecule has 1 fully saturated rings. The summed E-state index contributed by atoms with van der Waals surface area (Å²) in [7, 11) is 1.73. The summed E-state index contributed by atoms with van der Waals surface area (Å²) >= 11 is 0. The number of anilines is 1. The molecule has 1 aromatic rings. The van der Waals surface area contributed by atoms with Crippen LogP contribution >= 0.6 is 0 Å². The van der Waals surface area contributed by atoms with E-state index in [4.69, 9.17) is 4.74 Å². The first kappa shape index (κ1) is 15.7. The van der Waals surface area contributed by atoms with Crippen molar-refractivity contribution in [1.29, 1.82) is 0 Å². The highest BCUT2D eigenvalue weighted by molar-refractivity contribution is 5.60. The minimum absolute atomic E-state index is 0.0198. The zero-order valence-electron chi connectivity index (χ0n) is 12.8. The third-order valence-corrected chi connectivity index (χ3v) is 3.60. The summed E-state index contributed by atoms with van der Waals surface area (Å²) in [5.74, 6) is 0.503. The van der Waals surface area contributed by atoms with Gasteiger partial charge in [-0.3, -0.25) is 15.0 Å². The fourth-order valence-electron chi connectivity index (χ4n) is 2.46. The van der Waals surface area contributed by atoms with Gasteiger partial charge in [-0.15, -0.1) is 0 Å². The van der Waals surface area contributed by atoms with Crippen LogP contribution in [0.2, 0.25) is 0 Å². The van der Waals surface area contributed by atoms with E-state index in [2.05, 4.69) is 15.3 Å². The predicted octanol–water partition coefficient (Wildman–Crippen LogP) is 1.20. The van der Waals surface area contributed by atoms with Crippen molar-refractivity contribution < 1.29 is 9.66 Å². The second-order valence-electron chi connectivity index (χ2n) is 5.50. The highest BCUT2D eigenvalue weighted by atomic mass is 16.6. The van der Waals surface area contributed by atoms with Gasteiger partial charge in [0.2, 0.25) is 5.82 Å². The summed E-state index contributed by atoms with van der Waals surface area (Å²) < 4.78 is 6.86. The summed E-state index contributed by atoms with van der Waals surface area (Å²) in [6.07, 6.45) is 0. The standard InChI is InChI=1S/C13H23N5O3/c1-10(2)11-12(18(19)20)13(16(3)15-11)14-4-5-17-6-8-21-9-7-17/h10,14H,4-9H2,1-3H3. The van der Waals surface area contributed by atoms with Crippen LogP contribution in [0.3, 0.4) is 0 Å². The first-order chi connectivity index (χ1) is 10.0. The Hall–Kier alpha value is -1.67. The Labute approximate surface area is 124 Å². The third kappa shape index (κ3) is 3.70. The van der Waals surface area contributed by atoms with Gasteiger partial charge in [0, 0.05) is 39.1 Å². The lowest BCUT2D eigenvalue weighted by Crippen LogP contribution is -2.39. The molecule has 1 aliphatic heterocycles. The van der Waals surface area contributed by atoms with Crippen LogP contribution in [0, 0.1) is 10.1 Å². The van der Waals surface area contributed by atoms with Crippen molar-refractivity contribution >= 4 is 11.5 Å². The molecular formula is C13H23N5O3. The van der Waals surface area contributed by atoms with Gasteiger partial charge >= 0.3 is 5.69 Å². The maximum atomic E-state index is 11.3. The van der Waals surface area contributed by atoms with Gasteiger partial charge in [0.05, 0.1) is 18.1 Å². The number of hydrogen-bond acceptors (Lipinski definition) is 6. The normalized spacial score (nSPS) is 16.4. The Morgan fingerprint density at radius 3 is 2.67 bits per heavy atom. The first-order valence-electron chi connectivity index (χ1n) is 7.26. The SMILES string of the molecule is CC(C)c1nn(C)c(NCCN2CCOCC2)c1[N+](=O)[O-]. The molecule has 0 atom stereocenters. The van der Waals surface area contributed by atoms with Crippen LogP contribution in [0.1, 0.15) is 25.5 Å². The van der Waals surface area contributed by atoms with Gasteiger partial charge in [-0.05, 0) is 0 Å². The van der Waals surface area contributed by atoms with E-state index >= 15 is 0 Å². The fraction of sp³-hybridized carbons (Fsp3) is 0.769. The summed E-state index contributed by atoms with van der Waals surface area (Å²) in [4.78, 5) is 13.2. The molecule has 0 aromatic carbocycles. The average Bonchev–Trinajstić information content (AvgIpc) is 2.78. The lowest BCUT2D eigenvalue weighted by Gasteiger charge is -2.26. The van der Waals surface area contributed by atoms with Crippen molar-refractivity contribution in [3.8, 4) is 0 Å². The molecule has 118 valence electrons. The molecule has 1 saturated heterocycles. The molecular weight excluding hydrogens is 274 g/mol. The van der Waals surface area contributed by atoms with Crippen LogP contribution in [-0.4, -0.2) is 59.0 Å². The largest absolute Gasteiger partial charge is 0.379 e. The summed E-state index contributed by atoms with van der Waals surface area (Å²) in [6, 6.07) is 0. The highest BCUT2D eigenvalue weighted by Gasteiger charge is 2.28. The lowest BCUT2D eigenvalue weighted by molar-refractivity contribution is -0.384. The number of morpholine rings is 1. The maximum Gasteiger partial charge on any atom is 0.334 e. The third-order valence-electron chi connectivity index (χ3n) is 3.60. The summed E-state index contributed by atoms with van der Waals surface area (Å²) in [6.45, 7) is 8.63. The quantitative estimate of drug-likeness (QED) is 0.627. The van der Waals surface area contributed by atoms with Gasteiger partial charge < -0.3 is 10.1 Å². The van der Waals surface area contributed by atoms with Gasteiger partial charge in [0.1, 0.15) is 5.69 Å². The van der Waals surface area contributed by atoms with Gasteiger partial charge in [-0.1, -0.05) is 13.8 Å². The molecule has 1 aromatic heterocycles. The number of nitrogens with zero attached hydrogens (tertiary/aromatic N) is 4. The van der Waals surface area contributed by atoms with Crippen molar-refractivity contribution in [2.75, 3.05) is 44.7 Å². The molecule has 0 spiro atoms. The molecule has 0 amide bonds. The molecule has 8 nitrogen and oxygen atoms in total. The molecule has 1 aliphatic rings. The van der Waals surface area contributed by atoms with Gasteiger partial charge in [0.25, 0.3) is 0 Å². The van der Waals surface area contributed by atoms with E-state index in [9.17, 15) is 10.1 Å². The Balaban J connectivity index is 2.03. The number of aryl methyl sites for hydroxylation is 1. The fourth-order valence-corrected chi connectivity index (χ4v) is 2.46. The second kappa shape index (κ2) is 6.86. The molecule has 2 heterocycles. The first-order valence-corrected chi connectivity index (χ1v) is 7.26. The number of nitro groups is 1. The molecule has 2 rings (SSSR count). The molecule has 1 N–H and O–H groups in total. The number of nitrogens with one attached hydrogen (secondary N) is 1. The van der Waals surface area contributed by atoms with Crippen molar-refractivity contribution in [2.24, 2.45) is 7.05 Å². The minimum atomic E-state index is -0.348. The number of rotatable bonds is 6. The topological polar surface area (TPSA) is 85.5 Å². The van der Waals surface area contributed by atoms with Crippen molar-refractivity contribution in [3.05, 3.63) is 15.8 Å². The van der Waals surface area contributed by atoms with Crippen LogP contribution < -0.4 is 5.32 Å². The van der Waals surface area contributed by atoms with Crippen LogP contribution in [0.25, 0.3) is 0 Å². The van der Waals surface area contributed by atoms with Crippen LogP contribution in [-0.2, 0) is 11.8 Å². The minimum Gasteiger partial charge on any atom is -0.379 e. The molecule has 8 heteroatoms. The average molecular weight is 297 g/mol. The second-order valence-corrected chi connectivity index (χ2v) is 5.50. The zero-order valence-corrected chi connectivity index (χ0v) is 12.8. The van der Waals surface area contributed by atoms with Crippen molar-refractivity contribution in [1.82, 2.24) is 14.7 Å². The lowest BCUT2D eigenvalue weighted by atomic mass is 10.1. The van der Waals surface area contributed by atoms with E-state index < -0.39 is 0 Å². The predicted molar refractivity (Wildman–Crippen MR) is 79.7 cm³/mol. The smallest absolute Gasteiger partial charge is 0.334 e. The summed E-state index contributed by atoms with van der Waals surface area (Å²) in [5, 5.41) is 18.7. The van der Waals surface area contributed by atoms with E-state index in [0.717, 1.165) is 32.8 Å². The maximum absolute atomic E-state index is 11.3. The monoisotopic (exact) mass is 297 g/mol. The molecule has 0 saturated carbocycles.